The molecule has 0 bridgehead atoms. The summed E-state index contributed by atoms with van der Waals surface area (Å²) in [5.41, 5.74) is 4.92. The van der Waals surface area contributed by atoms with Gasteiger partial charge in [-0.05, 0) is 26.0 Å². The van der Waals surface area contributed by atoms with Crippen molar-refractivity contribution in [3.05, 3.63) is 29.5 Å². The van der Waals surface area contributed by atoms with Crippen LogP contribution in [-0.2, 0) is 0 Å². The molecule has 0 saturated heterocycles. The molecular formula is C12H12F2N4O2. The first-order valence-corrected chi connectivity index (χ1v) is 5.76. The van der Waals surface area contributed by atoms with E-state index in [2.05, 4.69) is 15.4 Å². The van der Waals surface area contributed by atoms with Gasteiger partial charge in [0.1, 0.15) is 5.69 Å². The highest BCUT2D eigenvalue weighted by Gasteiger charge is 2.20. The number of nitrogens with one attached hydrogen (secondary N) is 1. The molecule has 2 aromatic rings. The Morgan fingerprint density at radius 1 is 1.30 bits per heavy atom. The minimum atomic E-state index is -0.896. The number of amides is 1. The summed E-state index contributed by atoms with van der Waals surface area (Å²) in [6, 6.07) is 2.01. The van der Waals surface area contributed by atoms with E-state index in [1.54, 1.807) is 13.8 Å². The molecular weight excluding hydrogens is 270 g/mol. The van der Waals surface area contributed by atoms with Crippen molar-refractivity contribution in [1.29, 1.82) is 0 Å². The minimum absolute atomic E-state index is 0.0219. The molecule has 2 rings (SSSR count). The SMILES string of the molecule is CC(C)Oc1c(F)cc(-c2n[nH]nc2C(N)=O)cc1F. The zero-order chi connectivity index (χ0) is 14.9. The fourth-order valence-electron chi connectivity index (χ4n) is 1.65. The van der Waals surface area contributed by atoms with E-state index in [-0.39, 0.29) is 23.1 Å². The second kappa shape index (κ2) is 5.24. The number of ether oxygens (including phenoxy) is 1. The molecule has 1 amide bonds. The van der Waals surface area contributed by atoms with Crippen molar-refractivity contribution in [2.45, 2.75) is 20.0 Å². The number of benzene rings is 1. The topological polar surface area (TPSA) is 93.9 Å². The lowest BCUT2D eigenvalue weighted by atomic mass is 10.1. The molecule has 6 nitrogen and oxygen atoms in total. The first kappa shape index (κ1) is 13.9. The number of aromatic nitrogens is 3. The quantitative estimate of drug-likeness (QED) is 0.891. The number of hydrogen-bond acceptors (Lipinski definition) is 4. The zero-order valence-electron chi connectivity index (χ0n) is 10.8. The average molecular weight is 282 g/mol. The van der Waals surface area contributed by atoms with Crippen molar-refractivity contribution >= 4 is 5.91 Å². The predicted molar refractivity (Wildman–Crippen MR) is 66.0 cm³/mol. The summed E-state index contributed by atoms with van der Waals surface area (Å²) in [7, 11) is 0. The van der Waals surface area contributed by atoms with Gasteiger partial charge in [-0.15, -0.1) is 0 Å². The average Bonchev–Trinajstić information content (AvgIpc) is 2.82. The molecule has 0 spiro atoms. The van der Waals surface area contributed by atoms with Gasteiger partial charge in [0.05, 0.1) is 6.10 Å². The van der Waals surface area contributed by atoms with Crippen molar-refractivity contribution in [1.82, 2.24) is 15.4 Å². The number of rotatable bonds is 4. The largest absolute Gasteiger partial charge is 0.485 e. The number of aromatic amines is 1. The first-order valence-electron chi connectivity index (χ1n) is 5.76. The number of nitrogens with zero attached hydrogens (tertiary/aromatic N) is 2. The van der Waals surface area contributed by atoms with Gasteiger partial charge in [0.25, 0.3) is 5.91 Å². The lowest BCUT2D eigenvalue weighted by molar-refractivity contribution is 0.0996. The summed E-state index contributed by atoms with van der Waals surface area (Å²) in [5.74, 6) is -3.12. The van der Waals surface area contributed by atoms with Crippen LogP contribution >= 0.6 is 0 Å². The third-order valence-corrected chi connectivity index (χ3v) is 2.41. The lowest BCUT2D eigenvalue weighted by Gasteiger charge is -2.12. The zero-order valence-corrected chi connectivity index (χ0v) is 10.8. The smallest absolute Gasteiger partial charge is 0.271 e. The maximum Gasteiger partial charge on any atom is 0.271 e. The van der Waals surface area contributed by atoms with Gasteiger partial charge in [0, 0.05) is 5.56 Å². The highest BCUT2D eigenvalue weighted by molar-refractivity contribution is 5.96. The van der Waals surface area contributed by atoms with Gasteiger partial charge >= 0.3 is 0 Å². The Morgan fingerprint density at radius 2 is 1.90 bits per heavy atom. The summed E-state index contributed by atoms with van der Waals surface area (Å²) in [5, 5.41) is 9.39. The minimum Gasteiger partial charge on any atom is -0.485 e. The number of primary amides is 1. The van der Waals surface area contributed by atoms with Crippen molar-refractivity contribution in [3.63, 3.8) is 0 Å². The molecule has 8 heteroatoms. The Bertz CT molecular complexity index is 632. The molecule has 3 N–H and O–H groups in total. The predicted octanol–water partition coefficient (Wildman–Crippen LogP) is 1.64. The molecule has 1 heterocycles. The van der Waals surface area contributed by atoms with E-state index in [1.165, 1.54) is 0 Å². The monoisotopic (exact) mass is 282 g/mol. The number of halogens is 2. The number of hydrogen-bond donors (Lipinski definition) is 2. The van der Waals surface area contributed by atoms with Crippen LogP contribution in [0.3, 0.4) is 0 Å². The summed E-state index contributed by atoms with van der Waals surface area (Å²) in [6.45, 7) is 3.30. The third kappa shape index (κ3) is 2.58. The number of H-pyrrole nitrogens is 1. The van der Waals surface area contributed by atoms with E-state index < -0.39 is 23.3 Å². The van der Waals surface area contributed by atoms with Crippen LogP contribution in [0.25, 0.3) is 11.3 Å². The number of carbonyl (C=O) groups is 1. The molecule has 0 unspecified atom stereocenters. The van der Waals surface area contributed by atoms with E-state index in [4.69, 9.17) is 10.5 Å². The molecule has 0 radical (unpaired) electrons. The molecule has 1 aromatic heterocycles. The van der Waals surface area contributed by atoms with Crippen molar-refractivity contribution in [2.75, 3.05) is 0 Å². The van der Waals surface area contributed by atoms with E-state index in [1.807, 2.05) is 0 Å². The maximum atomic E-state index is 13.9. The highest BCUT2D eigenvalue weighted by atomic mass is 19.1. The fraction of sp³-hybridized carbons (Fsp3) is 0.250. The highest BCUT2D eigenvalue weighted by Crippen LogP contribution is 2.29. The van der Waals surface area contributed by atoms with Gasteiger partial charge in [0.15, 0.2) is 23.1 Å². The van der Waals surface area contributed by atoms with Crippen LogP contribution in [0.15, 0.2) is 12.1 Å². The van der Waals surface area contributed by atoms with Gasteiger partial charge in [0.2, 0.25) is 0 Å². The standard InChI is InChI=1S/C12H12F2N4O2/c1-5(2)20-11-7(13)3-6(4-8(11)14)9-10(12(15)19)17-18-16-9/h3-5H,1-2H3,(H2,15,19)(H,16,17,18). The van der Waals surface area contributed by atoms with Gasteiger partial charge in [-0.25, -0.2) is 8.78 Å². The van der Waals surface area contributed by atoms with Crippen LogP contribution in [0.4, 0.5) is 8.78 Å². The van der Waals surface area contributed by atoms with Gasteiger partial charge in [-0.2, -0.15) is 15.4 Å². The van der Waals surface area contributed by atoms with Crippen LogP contribution < -0.4 is 10.5 Å². The van der Waals surface area contributed by atoms with Crippen LogP contribution in [0.1, 0.15) is 24.3 Å². The Labute approximate surface area is 112 Å². The van der Waals surface area contributed by atoms with E-state index in [9.17, 15) is 13.6 Å². The Hall–Kier alpha value is -2.51. The lowest BCUT2D eigenvalue weighted by Crippen LogP contribution is -2.13. The van der Waals surface area contributed by atoms with Crippen LogP contribution in [-0.4, -0.2) is 27.4 Å². The summed E-state index contributed by atoms with van der Waals surface area (Å²) in [4.78, 5) is 11.1. The van der Waals surface area contributed by atoms with Gasteiger partial charge in [-0.3, -0.25) is 4.79 Å². The van der Waals surface area contributed by atoms with Gasteiger partial charge < -0.3 is 10.5 Å². The molecule has 0 aliphatic carbocycles. The molecule has 0 saturated carbocycles. The molecule has 0 aliphatic heterocycles. The van der Waals surface area contributed by atoms with Crippen molar-refractivity contribution in [2.24, 2.45) is 5.73 Å². The Morgan fingerprint density at radius 3 is 2.40 bits per heavy atom. The molecule has 0 fully saturated rings. The second-order valence-electron chi connectivity index (χ2n) is 4.32. The third-order valence-electron chi connectivity index (χ3n) is 2.41. The van der Waals surface area contributed by atoms with Crippen molar-refractivity contribution < 1.29 is 18.3 Å². The Kier molecular flexibility index (Phi) is 3.64. The van der Waals surface area contributed by atoms with Crippen LogP contribution in [0.2, 0.25) is 0 Å². The molecule has 0 aliphatic rings. The molecule has 0 atom stereocenters. The number of carbonyl (C=O) groups excluding carboxylic acids is 1. The second-order valence-corrected chi connectivity index (χ2v) is 4.32. The Balaban J connectivity index is 2.49. The van der Waals surface area contributed by atoms with E-state index >= 15 is 0 Å². The fourth-order valence-corrected chi connectivity index (χ4v) is 1.65. The summed E-state index contributed by atoms with van der Waals surface area (Å²) >= 11 is 0. The molecule has 20 heavy (non-hydrogen) atoms. The normalized spacial score (nSPS) is 10.8. The number of nitrogens with two attached hydrogens (primary N) is 1. The molecule has 1 aromatic carbocycles. The van der Waals surface area contributed by atoms with Crippen LogP contribution in [0.5, 0.6) is 5.75 Å². The van der Waals surface area contributed by atoms with Crippen LogP contribution in [0, 0.1) is 11.6 Å². The van der Waals surface area contributed by atoms with Gasteiger partial charge in [-0.1, -0.05) is 0 Å². The summed E-state index contributed by atoms with van der Waals surface area (Å²) in [6.07, 6.45) is -0.377. The first-order chi connectivity index (χ1) is 9.40. The van der Waals surface area contributed by atoms with E-state index in [0.717, 1.165) is 12.1 Å². The summed E-state index contributed by atoms with van der Waals surface area (Å²) < 4.78 is 32.8. The molecule has 106 valence electrons. The van der Waals surface area contributed by atoms with Crippen molar-refractivity contribution in [3.8, 4) is 17.0 Å². The maximum absolute atomic E-state index is 13.9. The van der Waals surface area contributed by atoms with E-state index in [0.29, 0.717) is 0 Å².